The number of phosphoric ester groups is 1. The molecule has 0 rings (SSSR count). The van der Waals surface area contributed by atoms with E-state index in [0.717, 1.165) is 96.3 Å². The average Bonchev–Trinajstić information content (AvgIpc) is 3.22. The van der Waals surface area contributed by atoms with Gasteiger partial charge in [-0.1, -0.05) is 156 Å². The van der Waals surface area contributed by atoms with Gasteiger partial charge in [-0.05, 0) is 96.3 Å². The van der Waals surface area contributed by atoms with E-state index in [-0.39, 0.29) is 32.6 Å². The summed E-state index contributed by atoms with van der Waals surface area (Å²) in [6.45, 7) is 3.53. The first-order chi connectivity index (χ1) is 28.8. The van der Waals surface area contributed by atoms with E-state index in [1.54, 1.807) is 0 Å². The van der Waals surface area contributed by atoms with Gasteiger partial charge in [-0.25, -0.2) is 4.57 Å². The average molecular weight is 844 g/mol. The summed E-state index contributed by atoms with van der Waals surface area (Å²) in [5.41, 5.74) is 5.35. The van der Waals surface area contributed by atoms with Crippen LogP contribution in [0.15, 0.2) is 97.2 Å². The zero-order valence-electron chi connectivity index (χ0n) is 36.9. The van der Waals surface area contributed by atoms with Crippen LogP contribution in [0.1, 0.15) is 168 Å². The third-order valence-electron chi connectivity index (χ3n) is 8.95. The molecule has 0 aromatic rings. The van der Waals surface area contributed by atoms with Crippen LogP contribution >= 0.6 is 7.82 Å². The normalized spacial score (nSPS) is 14.2. The predicted molar refractivity (Wildman–Crippen MR) is 247 cm³/mol. The first-order valence-electron chi connectivity index (χ1n) is 22.7. The Bertz CT molecular complexity index is 1280. The van der Waals surface area contributed by atoms with Crippen LogP contribution in [0.2, 0.25) is 0 Å². The molecule has 0 radical (unpaired) electrons. The smallest absolute Gasteiger partial charge is 0.462 e. The molecule has 0 aromatic carbocycles. The first-order valence-corrected chi connectivity index (χ1v) is 24.2. The van der Waals surface area contributed by atoms with Crippen LogP contribution < -0.4 is 5.73 Å². The number of rotatable bonds is 41. The molecule has 2 unspecified atom stereocenters. The minimum absolute atomic E-state index is 0.0411. The molecule has 59 heavy (non-hydrogen) atoms. The van der Waals surface area contributed by atoms with Crippen LogP contribution in [0.4, 0.5) is 0 Å². The summed E-state index contributed by atoms with van der Waals surface area (Å²) in [4.78, 5) is 34.9. The van der Waals surface area contributed by atoms with E-state index in [2.05, 4.69) is 111 Å². The van der Waals surface area contributed by atoms with Gasteiger partial charge in [0.15, 0.2) is 6.10 Å². The maximum atomic E-state index is 12.6. The number of carbonyl (C=O) groups excluding carboxylic acids is 2. The quantitative estimate of drug-likeness (QED) is 0.0267. The molecule has 10 heteroatoms. The van der Waals surface area contributed by atoms with E-state index in [1.807, 2.05) is 0 Å². The number of esters is 2. The van der Waals surface area contributed by atoms with Crippen molar-refractivity contribution in [2.24, 2.45) is 5.73 Å². The molecule has 0 fully saturated rings. The van der Waals surface area contributed by atoms with E-state index < -0.39 is 32.5 Å². The van der Waals surface area contributed by atoms with E-state index in [9.17, 15) is 19.0 Å². The lowest BCUT2D eigenvalue weighted by Crippen LogP contribution is -2.29. The molecule has 3 N–H and O–H groups in total. The molecule has 9 nitrogen and oxygen atoms in total. The Morgan fingerprint density at radius 1 is 0.525 bits per heavy atom. The summed E-state index contributed by atoms with van der Waals surface area (Å²) in [7, 11) is -4.40. The van der Waals surface area contributed by atoms with Crippen molar-refractivity contribution in [1.82, 2.24) is 0 Å². The van der Waals surface area contributed by atoms with Gasteiger partial charge in [-0.2, -0.15) is 0 Å². The second-order valence-corrected chi connectivity index (χ2v) is 16.0. The number of allylic oxidation sites excluding steroid dienone is 16. The van der Waals surface area contributed by atoms with Gasteiger partial charge in [0.25, 0.3) is 0 Å². The van der Waals surface area contributed by atoms with E-state index in [0.29, 0.717) is 12.8 Å². The van der Waals surface area contributed by atoms with E-state index >= 15 is 0 Å². The number of nitrogens with two attached hydrogens (primary N) is 1. The number of phosphoric acid groups is 1. The van der Waals surface area contributed by atoms with Gasteiger partial charge >= 0.3 is 19.8 Å². The second kappa shape index (κ2) is 44.5. The highest BCUT2D eigenvalue weighted by Crippen LogP contribution is 2.43. The lowest BCUT2D eigenvalue weighted by molar-refractivity contribution is -0.161. The number of ether oxygens (including phenoxy) is 2. The molecule has 0 spiro atoms. The van der Waals surface area contributed by atoms with Crippen molar-refractivity contribution in [1.29, 1.82) is 0 Å². The van der Waals surface area contributed by atoms with E-state index in [1.165, 1.54) is 32.1 Å². The Hall–Kier alpha value is -3.07. The number of unbranched alkanes of at least 4 members (excludes halogenated alkanes) is 12. The number of carbonyl (C=O) groups is 2. The van der Waals surface area contributed by atoms with Crippen LogP contribution in [-0.2, 0) is 32.7 Å². The van der Waals surface area contributed by atoms with Crippen molar-refractivity contribution in [3.8, 4) is 0 Å². The molecule has 0 saturated heterocycles. The zero-order valence-corrected chi connectivity index (χ0v) is 37.8. The maximum absolute atomic E-state index is 12.6. The monoisotopic (exact) mass is 844 g/mol. The fourth-order valence-corrected chi connectivity index (χ4v) is 6.37. The zero-order chi connectivity index (χ0) is 43.2. The highest BCUT2D eigenvalue weighted by atomic mass is 31.2. The largest absolute Gasteiger partial charge is 0.472 e. The third kappa shape index (κ3) is 44.3. The first kappa shape index (κ1) is 55.9. The van der Waals surface area contributed by atoms with Gasteiger partial charge < -0.3 is 20.1 Å². The predicted octanol–water partition coefficient (Wildman–Crippen LogP) is 13.4. The van der Waals surface area contributed by atoms with Crippen molar-refractivity contribution in [3.05, 3.63) is 97.2 Å². The van der Waals surface area contributed by atoms with Gasteiger partial charge in [0.1, 0.15) is 6.61 Å². The van der Waals surface area contributed by atoms with Crippen molar-refractivity contribution in [3.63, 3.8) is 0 Å². The summed E-state index contributed by atoms with van der Waals surface area (Å²) in [6, 6.07) is 0. The molecule has 0 aliphatic carbocycles. The Morgan fingerprint density at radius 3 is 1.42 bits per heavy atom. The summed E-state index contributed by atoms with van der Waals surface area (Å²) >= 11 is 0. The Labute approximate surface area is 359 Å². The molecule has 0 aliphatic heterocycles. The van der Waals surface area contributed by atoms with Crippen LogP contribution in [0.5, 0.6) is 0 Å². The molecule has 0 aliphatic rings. The summed E-state index contributed by atoms with van der Waals surface area (Å²) in [5.74, 6) is -0.887. The molecule has 336 valence electrons. The van der Waals surface area contributed by atoms with Crippen LogP contribution in [0.25, 0.3) is 0 Å². The van der Waals surface area contributed by atoms with Crippen LogP contribution in [0, 0.1) is 0 Å². The second-order valence-electron chi connectivity index (χ2n) is 14.5. The lowest BCUT2D eigenvalue weighted by Gasteiger charge is -2.19. The van der Waals surface area contributed by atoms with Crippen molar-refractivity contribution in [2.45, 2.75) is 174 Å². The number of hydrogen-bond donors (Lipinski definition) is 2. The maximum Gasteiger partial charge on any atom is 0.472 e. The lowest BCUT2D eigenvalue weighted by atomic mass is 10.1. The highest BCUT2D eigenvalue weighted by molar-refractivity contribution is 7.47. The highest BCUT2D eigenvalue weighted by Gasteiger charge is 2.26. The van der Waals surface area contributed by atoms with Crippen LogP contribution in [-0.4, -0.2) is 49.3 Å². The van der Waals surface area contributed by atoms with Gasteiger partial charge in [0.2, 0.25) is 0 Å². The van der Waals surface area contributed by atoms with Gasteiger partial charge in [-0.3, -0.25) is 18.6 Å². The Balaban J connectivity index is 4.23. The molecule has 2 atom stereocenters. The van der Waals surface area contributed by atoms with Crippen molar-refractivity contribution < 1.29 is 37.6 Å². The molecule has 0 saturated carbocycles. The fourth-order valence-electron chi connectivity index (χ4n) is 5.61. The number of hydrogen-bond acceptors (Lipinski definition) is 8. The molecule has 0 amide bonds. The molecule has 0 bridgehead atoms. The summed E-state index contributed by atoms with van der Waals surface area (Å²) in [5, 5.41) is 0. The standard InChI is InChI=1S/C49H82NO8P/c1-3-5-7-9-11-13-15-17-18-19-20-21-22-23-24-25-26-27-28-30-32-34-36-38-40-42-49(52)58-47(46-57-59(53,54)56-44-43-50)45-55-48(51)41-39-37-35-33-31-29-16-14-12-10-8-6-4-2/h5,7,11,13-14,16-18,20-21,23-24,26-27,30,32,47H,3-4,6,8-10,12,15,19,22,25,28-29,31,33-46,50H2,1-2H3,(H,53,54)/b7-5-,13-11-,16-14-,18-17-,21-20-,24-23-,27-26-,32-30-. The van der Waals surface area contributed by atoms with Crippen molar-refractivity contribution in [2.75, 3.05) is 26.4 Å². The van der Waals surface area contributed by atoms with Gasteiger partial charge in [0.05, 0.1) is 13.2 Å². The van der Waals surface area contributed by atoms with Gasteiger partial charge in [0, 0.05) is 19.4 Å². The fraction of sp³-hybridized carbons (Fsp3) is 0.633. The van der Waals surface area contributed by atoms with Gasteiger partial charge in [-0.15, -0.1) is 0 Å². The topological polar surface area (TPSA) is 134 Å². The molecule has 0 aromatic heterocycles. The Kier molecular flexibility index (Phi) is 42.2. The minimum Gasteiger partial charge on any atom is -0.462 e. The van der Waals surface area contributed by atoms with Crippen molar-refractivity contribution >= 4 is 19.8 Å². The summed E-state index contributed by atoms with van der Waals surface area (Å²) < 4.78 is 32.7. The summed E-state index contributed by atoms with van der Waals surface area (Å²) in [6.07, 6.45) is 57.3. The van der Waals surface area contributed by atoms with Crippen LogP contribution in [0.3, 0.4) is 0 Å². The molecule has 0 heterocycles. The van der Waals surface area contributed by atoms with E-state index in [4.69, 9.17) is 24.3 Å². The Morgan fingerprint density at radius 2 is 0.932 bits per heavy atom. The molecular formula is C49H82NO8P. The minimum atomic E-state index is -4.40. The third-order valence-corrected chi connectivity index (χ3v) is 9.94. The SMILES string of the molecule is CC/C=C\C/C=C\C/C=C\C/C=C\C/C=C\C/C=C\C/C=C\CCCCCC(=O)OC(COC(=O)CCCCCCC/C=C\CCCCCC)COP(=O)(O)OCCN. The molecular weight excluding hydrogens is 762 g/mol.